The first kappa shape index (κ1) is 13.2. The first-order valence-corrected chi connectivity index (χ1v) is 7.14. The molecule has 0 bridgehead atoms. The van der Waals surface area contributed by atoms with Crippen LogP contribution >= 0.6 is 27.3 Å². The first-order chi connectivity index (χ1) is 8.61. The molecular formula is C13H13BrN2OS. The van der Waals surface area contributed by atoms with Gasteiger partial charge in [-0.25, -0.2) is 4.98 Å². The molecule has 2 aromatic rings. The summed E-state index contributed by atoms with van der Waals surface area (Å²) in [6, 6.07) is 5.73. The van der Waals surface area contributed by atoms with Crippen LogP contribution in [0.15, 0.2) is 28.2 Å². The van der Waals surface area contributed by atoms with Crippen molar-refractivity contribution in [2.45, 2.75) is 13.5 Å². The molecule has 1 aromatic heterocycles. The summed E-state index contributed by atoms with van der Waals surface area (Å²) in [6.45, 7) is 2.84. The van der Waals surface area contributed by atoms with Gasteiger partial charge in [0.15, 0.2) is 6.29 Å². The smallest absolute Gasteiger partial charge is 0.151 e. The Kier molecular flexibility index (Phi) is 4.14. The summed E-state index contributed by atoms with van der Waals surface area (Å²) in [4.78, 5) is 18.4. The number of nitrogens with zero attached hydrogens (tertiary/aromatic N) is 2. The molecule has 0 fully saturated rings. The van der Waals surface area contributed by atoms with Crippen LogP contribution in [0.2, 0.25) is 0 Å². The van der Waals surface area contributed by atoms with E-state index < -0.39 is 0 Å². The summed E-state index contributed by atoms with van der Waals surface area (Å²) in [6.07, 6.45) is 0.848. The SMILES string of the molecule is Cc1ncsc1CN(C)c1ccc(C=O)c(Br)c1. The number of aryl methyl sites for hydroxylation is 1. The average Bonchev–Trinajstić information content (AvgIpc) is 2.75. The normalized spacial score (nSPS) is 10.4. The van der Waals surface area contributed by atoms with Gasteiger partial charge in [0.25, 0.3) is 0 Å². The lowest BCUT2D eigenvalue weighted by Gasteiger charge is -2.19. The summed E-state index contributed by atoms with van der Waals surface area (Å²) < 4.78 is 0.822. The number of anilines is 1. The fraction of sp³-hybridized carbons (Fsp3) is 0.231. The van der Waals surface area contributed by atoms with Crippen LogP contribution in [-0.2, 0) is 6.54 Å². The van der Waals surface area contributed by atoms with E-state index in [1.165, 1.54) is 4.88 Å². The third kappa shape index (κ3) is 2.79. The van der Waals surface area contributed by atoms with Crippen LogP contribution in [0.4, 0.5) is 5.69 Å². The molecule has 3 nitrogen and oxygen atoms in total. The standard InChI is InChI=1S/C13H13BrN2OS/c1-9-13(18-8-15-9)6-16(2)11-4-3-10(7-17)12(14)5-11/h3-5,7-8H,6H2,1-2H3. The Morgan fingerprint density at radius 1 is 1.50 bits per heavy atom. The van der Waals surface area contributed by atoms with Crippen LogP contribution in [-0.4, -0.2) is 18.3 Å². The van der Waals surface area contributed by atoms with Crippen LogP contribution in [0, 0.1) is 6.92 Å². The van der Waals surface area contributed by atoms with Crippen molar-refractivity contribution in [3.05, 3.63) is 44.3 Å². The third-order valence-corrected chi connectivity index (χ3v) is 4.38. The van der Waals surface area contributed by atoms with Crippen LogP contribution in [0.5, 0.6) is 0 Å². The van der Waals surface area contributed by atoms with Gasteiger partial charge in [-0.3, -0.25) is 4.79 Å². The molecule has 0 unspecified atom stereocenters. The minimum Gasteiger partial charge on any atom is -0.369 e. The van der Waals surface area contributed by atoms with E-state index in [1.807, 2.05) is 37.7 Å². The molecule has 0 spiro atoms. The summed E-state index contributed by atoms with van der Waals surface area (Å²) in [5.41, 5.74) is 4.68. The molecular weight excluding hydrogens is 312 g/mol. The van der Waals surface area contributed by atoms with Crippen molar-refractivity contribution in [2.75, 3.05) is 11.9 Å². The zero-order valence-corrected chi connectivity index (χ0v) is 12.6. The highest BCUT2D eigenvalue weighted by Crippen LogP contribution is 2.24. The van der Waals surface area contributed by atoms with Gasteiger partial charge in [-0.2, -0.15) is 0 Å². The van der Waals surface area contributed by atoms with Gasteiger partial charge in [0, 0.05) is 27.6 Å². The van der Waals surface area contributed by atoms with Crippen LogP contribution < -0.4 is 4.90 Å². The van der Waals surface area contributed by atoms with Crippen molar-refractivity contribution >= 4 is 39.2 Å². The molecule has 1 heterocycles. The molecule has 0 amide bonds. The number of aldehydes is 1. The zero-order valence-electron chi connectivity index (χ0n) is 10.2. The van der Waals surface area contributed by atoms with Gasteiger partial charge in [-0.15, -0.1) is 11.3 Å². The Morgan fingerprint density at radius 3 is 2.83 bits per heavy atom. The number of hydrogen-bond acceptors (Lipinski definition) is 4. The lowest BCUT2D eigenvalue weighted by Crippen LogP contribution is -2.16. The molecule has 0 aliphatic carbocycles. The monoisotopic (exact) mass is 324 g/mol. The molecule has 94 valence electrons. The van der Waals surface area contributed by atoms with Crippen molar-refractivity contribution in [2.24, 2.45) is 0 Å². The Labute approximate surface area is 119 Å². The number of carbonyl (C=O) groups excluding carboxylic acids is 1. The van der Waals surface area contributed by atoms with Gasteiger partial charge in [0.05, 0.1) is 17.7 Å². The molecule has 0 radical (unpaired) electrons. The number of aromatic nitrogens is 1. The number of benzene rings is 1. The van der Waals surface area contributed by atoms with Crippen molar-refractivity contribution < 1.29 is 4.79 Å². The predicted molar refractivity (Wildman–Crippen MR) is 78.5 cm³/mol. The number of carbonyl (C=O) groups is 1. The lowest BCUT2D eigenvalue weighted by atomic mass is 10.2. The first-order valence-electron chi connectivity index (χ1n) is 5.46. The van der Waals surface area contributed by atoms with Gasteiger partial charge < -0.3 is 4.90 Å². The molecule has 0 aliphatic heterocycles. The van der Waals surface area contributed by atoms with Gasteiger partial charge >= 0.3 is 0 Å². The highest BCUT2D eigenvalue weighted by Gasteiger charge is 2.08. The Balaban J connectivity index is 2.19. The highest BCUT2D eigenvalue weighted by atomic mass is 79.9. The fourth-order valence-electron chi connectivity index (χ4n) is 1.63. The van der Waals surface area contributed by atoms with E-state index in [1.54, 1.807) is 11.3 Å². The molecule has 0 saturated heterocycles. The van der Waals surface area contributed by atoms with Crippen LogP contribution in [0.3, 0.4) is 0 Å². The maximum absolute atomic E-state index is 10.8. The van der Waals surface area contributed by atoms with Crippen molar-refractivity contribution in [1.29, 1.82) is 0 Å². The molecule has 0 saturated carbocycles. The minimum absolute atomic E-state index is 0.668. The summed E-state index contributed by atoms with van der Waals surface area (Å²) in [5.74, 6) is 0. The van der Waals surface area contributed by atoms with Gasteiger partial charge in [-0.1, -0.05) is 0 Å². The molecule has 1 aromatic carbocycles. The maximum atomic E-state index is 10.8. The number of thiazole rings is 1. The van der Waals surface area contributed by atoms with E-state index in [2.05, 4.69) is 25.8 Å². The molecule has 5 heteroatoms. The van der Waals surface area contributed by atoms with E-state index in [0.717, 1.165) is 28.7 Å². The second-order valence-electron chi connectivity index (χ2n) is 4.04. The molecule has 0 N–H and O–H groups in total. The molecule has 2 rings (SSSR count). The van der Waals surface area contributed by atoms with E-state index in [0.29, 0.717) is 5.56 Å². The molecule has 18 heavy (non-hydrogen) atoms. The highest BCUT2D eigenvalue weighted by molar-refractivity contribution is 9.10. The second kappa shape index (κ2) is 5.63. The van der Waals surface area contributed by atoms with E-state index in [9.17, 15) is 4.79 Å². The Hall–Kier alpha value is -1.20. The van der Waals surface area contributed by atoms with Crippen LogP contribution in [0.1, 0.15) is 20.9 Å². The quantitative estimate of drug-likeness (QED) is 0.804. The summed E-state index contributed by atoms with van der Waals surface area (Å²) in [7, 11) is 2.03. The molecule has 0 aliphatic rings. The number of halogens is 1. The largest absolute Gasteiger partial charge is 0.369 e. The average molecular weight is 325 g/mol. The van der Waals surface area contributed by atoms with Crippen molar-refractivity contribution in [3.63, 3.8) is 0 Å². The second-order valence-corrected chi connectivity index (χ2v) is 5.83. The number of hydrogen-bond donors (Lipinski definition) is 0. The van der Waals surface area contributed by atoms with Crippen molar-refractivity contribution in [3.8, 4) is 0 Å². The minimum atomic E-state index is 0.668. The van der Waals surface area contributed by atoms with Gasteiger partial charge in [0.1, 0.15) is 0 Å². The van der Waals surface area contributed by atoms with Crippen LogP contribution in [0.25, 0.3) is 0 Å². The Bertz CT molecular complexity index is 568. The lowest BCUT2D eigenvalue weighted by molar-refractivity contribution is 0.112. The summed E-state index contributed by atoms with van der Waals surface area (Å²) >= 11 is 5.06. The van der Waals surface area contributed by atoms with Gasteiger partial charge in [0.2, 0.25) is 0 Å². The number of rotatable bonds is 4. The van der Waals surface area contributed by atoms with Gasteiger partial charge in [-0.05, 0) is 41.1 Å². The fourth-order valence-corrected chi connectivity index (χ4v) is 2.92. The zero-order chi connectivity index (χ0) is 13.1. The van der Waals surface area contributed by atoms with E-state index >= 15 is 0 Å². The topological polar surface area (TPSA) is 33.2 Å². The Morgan fingerprint density at radius 2 is 2.28 bits per heavy atom. The van der Waals surface area contributed by atoms with E-state index in [-0.39, 0.29) is 0 Å². The predicted octanol–water partition coefficient (Wildman–Crippen LogP) is 3.66. The maximum Gasteiger partial charge on any atom is 0.151 e. The van der Waals surface area contributed by atoms with Crippen molar-refractivity contribution in [1.82, 2.24) is 4.98 Å². The molecule has 0 atom stereocenters. The summed E-state index contributed by atoms with van der Waals surface area (Å²) in [5, 5.41) is 0. The van der Waals surface area contributed by atoms with E-state index in [4.69, 9.17) is 0 Å². The third-order valence-electron chi connectivity index (χ3n) is 2.78.